The first-order valence-corrected chi connectivity index (χ1v) is 4.39. The molecule has 1 heterocycles. The molecule has 1 aromatic carbocycles. The van der Waals surface area contributed by atoms with Gasteiger partial charge in [-0.05, 0) is 19.1 Å². The van der Waals surface area contributed by atoms with Gasteiger partial charge in [-0.1, -0.05) is 11.3 Å². The molecular weight excluding hydrogens is 194 g/mol. The van der Waals surface area contributed by atoms with Gasteiger partial charge in [0, 0.05) is 6.07 Å². The number of carbonyl (C=O) groups is 1. The Bertz CT molecular complexity index is 505. The molecule has 5 nitrogen and oxygen atoms in total. The van der Waals surface area contributed by atoms with Gasteiger partial charge in [0.1, 0.15) is 11.4 Å². The highest BCUT2D eigenvalue weighted by molar-refractivity contribution is 5.73. The molecule has 0 spiro atoms. The maximum absolute atomic E-state index is 10.6. The van der Waals surface area contributed by atoms with Crippen molar-refractivity contribution in [2.75, 3.05) is 0 Å². The number of aromatic hydroxyl groups is 1. The van der Waals surface area contributed by atoms with Crippen LogP contribution in [0.1, 0.15) is 16.2 Å². The molecule has 0 unspecified atom stereocenters. The summed E-state index contributed by atoms with van der Waals surface area (Å²) in [6.07, 6.45) is 0.654. The summed E-state index contributed by atoms with van der Waals surface area (Å²) in [6.45, 7) is 1.74. The van der Waals surface area contributed by atoms with E-state index in [4.69, 9.17) is 0 Å². The van der Waals surface area contributed by atoms with Crippen LogP contribution in [0, 0.1) is 6.92 Å². The van der Waals surface area contributed by atoms with Gasteiger partial charge in [-0.3, -0.25) is 4.79 Å². The van der Waals surface area contributed by atoms with Crippen LogP contribution < -0.4 is 0 Å². The second-order valence-electron chi connectivity index (χ2n) is 3.11. The Morgan fingerprint density at radius 1 is 1.47 bits per heavy atom. The van der Waals surface area contributed by atoms with Gasteiger partial charge < -0.3 is 5.11 Å². The lowest BCUT2D eigenvalue weighted by atomic mass is 10.3. The quantitative estimate of drug-likeness (QED) is 0.742. The van der Waals surface area contributed by atoms with E-state index in [1.165, 1.54) is 4.68 Å². The molecule has 0 amide bonds. The van der Waals surface area contributed by atoms with Gasteiger partial charge in [0.2, 0.25) is 0 Å². The highest BCUT2D eigenvalue weighted by Gasteiger charge is 2.08. The van der Waals surface area contributed by atoms with E-state index in [1.54, 1.807) is 31.2 Å². The predicted octanol–water partition coefficient (Wildman–Crippen LogP) is 1.09. The molecule has 2 aromatic rings. The van der Waals surface area contributed by atoms with E-state index in [-0.39, 0.29) is 5.75 Å². The summed E-state index contributed by atoms with van der Waals surface area (Å²) in [7, 11) is 0. The third-order valence-corrected chi connectivity index (χ3v) is 2.12. The normalized spacial score (nSPS) is 10.2. The minimum atomic E-state index is 0.148. The van der Waals surface area contributed by atoms with Crippen molar-refractivity contribution >= 4 is 6.29 Å². The molecule has 0 aliphatic rings. The molecule has 0 aliphatic heterocycles. The molecule has 0 atom stereocenters. The average molecular weight is 203 g/mol. The zero-order chi connectivity index (χ0) is 10.8. The summed E-state index contributed by atoms with van der Waals surface area (Å²) in [5, 5.41) is 16.8. The van der Waals surface area contributed by atoms with E-state index < -0.39 is 0 Å². The number of phenolic OH excluding ortho intramolecular Hbond substituents is 1. The molecule has 0 radical (unpaired) electrons. The van der Waals surface area contributed by atoms with Crippen molar-refractivity contribution in [2.24, 2.45) is 0 Å². The minimum absolute atomic E-state index is 0.148. The van der Waals surface area contributed by atoms with Crippen molar-refractivity contribution in [3.8, 4) is 11.4 Å². The summed E-state index contributed by atoms with van der Waals surface area (Å²) in [5.74, 6) is 0.148. The summed E-state index contributed by atoms with van der Waals surface area (Å²) >= 11 is 0. The molecule has 1 N–H and O–H groups in total. The van der Waals surface area contributed by atoms with E-state index in [0.29, 0.717) is 23.4 Å². The number of rotatable bonds is 2. The molecule has 76 valence electrons. The van der Waals surface area contributed by atoms with Crippen LogP contribution in [0.5, 0.6) is 5.75 Å². The van der Waals surface area contributed by atoms with Gasteiger partial charge >= 0.3 is 0 Å². The smallest absolute Gasteiger partial charge is 0.172 e. The van der Waals surface area contributed by atoms with Crippen LogP contribution in [-0.4, -0.2) is 26.4 Å². The van der Waals surface area contributed by atoms with E-state index in [1.807, 2.05) is 0 Å². The number of aromatic nitrogens is 3. The fourth-order valence-electron chi connectivity index (χ4n) is 1.32. The Kier molecular flexibility index (Phi) is 2.21. The van der Waals surface area contributed by atoms with Gasteiger partial charge in [-0.2, -0.15) is 0 Å². The zero-order valence-corrected chi connectivity index (χ0v) is 8.08. The van der Waals surface area contributed by atoms with Crippen molar-refractivity contribution in [3.63, 3.8) is 0 Å². The standard InChI is InChI=1S/C10H9N3O2/c1-7-10(6-14)11-12-13(7)8-3-2-4-9(15)5-8/h2-6,15H,1H3. The summed E-state index contributed by atoms with van der Waals surface area (Å²) in [6, 6.07) is 6.59. The van der Waals surface area contributed by atoms with Crippen LogP contribution in [-0.2, 0) is 0 Å². The van der Waals surface area contributed by atoms with E-state index >= 15 is 0 Å². The van der Waals surface area contributed by atoms with Crippen LogP contribution >= 0.6 is 0 Å². The van der Waals surface area contributed by atoms with Gasteiger partial charge in [-0.25, -0.2) is 4.68 Å². The highest BCUT2D eigenvalue weighted by Crippen LogP contribution is 2.16. The van der Waals surface area contributed by atoms with Crippen LogP contribution in [0.25, 0.3) is 5.69 Å². The lowest BCUT2D eigenvalue weighted by Gasteiger charge is -2.02. The second kappa shape index (κ2) is 3.53. The predicted molar refractivity (Wildman–Crippen MR) is 53.1 cm³/mol. The summed E-state index contributed by atoms with van der Waals surface area (Å²) in [5.41, 5.74) is 1.63. The molecule has 0 saturated heterocycles. The molecule has 0 bridgehead atoms. The van der Waals surface area contributed by atoms with Gasteiger partial charge in [0.25, 0.3) is 0 Å². The number of phenols is 1. The van der Waals surface area contributed by atoms with E-state index in [9.17, 15) is 9.90 Å². The summed E-state index contributed by atoms with van der Waals surface area (Å²) < 4.78 is 1.50. The second-order valence-corrected chi connectivity index (χ2v) is 3.11. The SMILES string of the molecule is Cc1c(C=O)nnn1-c1cccc(O)c1. The first-order valence-electron chi connectivity index (χ1n) is 4.39. The molecule has 2 rings (SSSR count). The van der Waals surface area contributed by atoms with Crippen LogP contribution in [0.15, 0.2) is 24.3 Å². The van der Waals surface area contributed by atoms with Gasteiger partial charge in [0.05, 0.1) is 11.4 Å². The highest BCUT2D eigenvalue weighted by atomic mass is 16.3. The Labute approximate surface area is 86.0 Å². The maximum Gasteiger partial charge on any atom is 0.172 e. The fraction of sp³-hybridized carbons (Fsp3) is 0.100. The van der Waals surface area contributed by atoms with Gasteiger partial charge in [-0.15, -0.1) is 5.10 Å². The number of nitrogens with zero attached hydrogens (tertiary/aromatic N) is 3. The van der Waals surface area contributed by atoms with Crippen molar-refractivity contribution in [1.82, 2.24) is 15.0 Å². The largest absolute Gasteiger partial charge is 0.508 e. The average Bonchev–Trinajstić information content (AvgIpc) is 2.59. The topological polar surface area (TPSA) is 68.0 Å². The van der Waals surface area contributed by atoms with Crippen molar-refractivity contribution < 1.29 is 9.90 Å². The third-order valence-electron chi connectivity index (χ3n) is 2.12. The van der Waals surface area contributed by atoms with Gasteiger partial charge in [0.15, 0.2) is 6.29 Å². The Morgan fingerprint density at radius 2 is 2.27 bits per heavy atom. The fourth-order valence-corrected chi connectivity index (χ4v) is 1.32. The Balaban J connectivity index is 2.54. The van der Waals surface area contributed by atoms with Crippen LogP contribution in [0.3, 0.4) is 0 Å². The minimum Gasteiger partial charge on any atom is -0.508 e. The number of hydrogen-bond acceptors (Lipinski definition) is 4. The molecule has 0 saturated carbocycles. The van der Waals surface area contributed by atoms with Crippen molar-refractivity contribution in [2.45, 2.75) is 6.92 Å². The van der Waals surface area contributed by atoms with Crippen molar-refractivity contribution in [3.05, 3.63) is 35.7 Å². The number of carbonyl (C=O) groups excluding carboxylic acids is 1. The Hall–Kier alpha value is -2.17. The molecular formula is C10H9N3O2. The monoisotopic (exact) mass is 203 g/mol. The van der Waals surface area contributed by atoms with E-state index in [2.05, 4.69) is 10.3 Å². The first-order chi connectivity index (χ1) is 7.22. The number of benzene rings is 1. The molecule has 1 aromatic heterocycles. The zero-order valence-electron chi connectivity index (χ0n) is 8.08. The molecule has 5 heteroatoms. The lowest BCUT2D eigenvalue weighted by molar-refractivity contribution is 0.111. The maximum atomic E-state index is 10.6. The van der Waals surface area contributed by atoms with E-state index in [0.717, 1.165) is 0 Å². The Morgan fingerprint density at radius 3 is 2.87 bits per heavy atom. The lowest BCUT2D eigenvalue weighted by Crippen LogP contribution is -1.99. The number of aldehydes is 1. The first kappa shape index (κ1) is 9.39. The molecule has 0 fully saturated rings. The summed E-state index contributed by atoms with van der Waals surface area (Å²) in [4.78, 5) is 10.6. The molecule has 0 aliphatic carbocycles. The number of hydrogen-bond donors (Lipinski definition) is 1. The van der Waals surface area contributed by atoms with Crippen LogP contribution in [0.2, 0.25) is 0 Å². The third kappa shape index (κ3) is 1.59. The van der Waals surface area contributed by atoms with Crippen molar-refractivity contribution in [1.29, 1.82) is 0 Å². The molecule has 15 heavy (non-hydrogen) atoms. The van der Waals surface area contributed by atoms with Crippen LogP contribution in [0.4, 0.5) is 0 Å².